The Balaban J connectivity index is 3.28. The van der Waals surface area contributed by atoms with Gasteiger partial charge in [0, 0.05) is 13.1 Å². The molecule has 0 N–H and O–H groups in total. The van der Waals surface area contributed by atoms with Crippen molar-refractivity contribution in [3.63, 3.8) is 0 Å². The minimum Gasteiger partial charge on any atom is -0.345 e. The Kier molecular flexibility index (Phi) is 25.0. The first-order chi connectivity index (χ1) is 14.3. The number of hydrogen-bond acceptors (Lipinski definition) is 1. The smallest absolute Gasteiger partial charge is 0.209 e. The first-order valence-electron chi connectivity index (χ1n) is 13.5. The molecule has 0 fully saturated rings. The fourth-order valence-electron chi connectivity index (χ4n) is 4.18. The molecule has 0 radical (unpaired) electrons. The summed E-state index contributed by atoms with van der Waals surface area (Å²) in [4.78, 5) is 13.3. The molecule has 0 unspecified atom stereocenters. The topological polar surface area (TPSA) is 20.3 Å². The molecule has 0 spiro atoms. The van der Waals surface area contributed by atoms with Gasteiger partial charge in [-0.25, -0.2) is 0 Å². The lowest BCUT2D eigenvalue weighted by molar-refractivity contribution is -0.118. The summed E-state index contributed by atoms with van der Waals surface area (Å²) in [5, 5.41) is 0. The van der Waals surface area contributed by atoms with Gasteiger partial charge in [-0.05, 0) is 12.8 Å². The summed E-state index contributed by atoms with van der Waals surface area (Å²) in [6.07, 6.45) is 31.2. The van der Waals surface area contributed by atoms with Crippen molar-refractivity contribution in [3.8, 4) is 0 Å². The molecule has 0 atom stereocenters. The predicted octanol–water partition coefficient (Wildman–Crippen LogP) is 9.07. The lowest BCUT2D eigenvalue weighted by Crippen LogP contribution is -2.24. The van der Waals surface area contributed by atoms with Gasteiger partial charge in [-0.15, -0.1) is 0 Å². The van der Waals surface area contributed by atoms with Gasteiger partial charge in [0.2, 0.25) is 6.41 Å². The van der Waals surface area contributed by atoms with Gasteiger partial charge in [0.15, 0.2) is 0 Å². The molecule has 0 aromatic rings. The Morgan fingerprint density at radius 2 is 0.655 bits per heavy atom. The zero-order valence-electron chi connectivity index (χ0n) is 20.4. The van der Waals surface area contributed by atoms with Crippen molar-refractivity contribution in [1.82, 2.24) is 4.90 Å². The van der Waals surface area contributed by atoms with Crippen LogP contribution < -0.4 is 0 Å². The first-order valence-corrected chi connectivity index (χ1v) is 13.5. The van der Waals surface area contributed by atoms with Gasteiger partial charge in [-0.3, -0.25) is 4.79 Å². The van der Waals surface area contributed by atoms with E-state index in [0.717, 1.165) is 19.5 Å². The molecule has 0 rings (SSSR count). The van der Waals surface area contributed by atoms with E-state index in [4.69, 9.17) is 0 Å². The number of hydrogen-bond donors (Lipinski definition) is 0. The van der Waals surface area contributed by atoms with Gasteiger partial charge in [0.05, 0.1) is 0 Å². The lowest BCUT2D eigenvalue weighted by Gasteiger charge is -2.17. The highest BCUT2D eigenvalue weighted by atomic mass is 16.1. The summed E-state index contributed by atoms with van der Waals surface area (Å²) in [5.41, 5.74) is 0. The molecule has 0 heterocycles. The summed E-state index contributed by atoms with van der Waals surface area (Å²) < 4.78 is 0. The molecule has 2 nitrogen and oxygen atoms in total. The van der Waals surface area contributed by atoms with E-state index in [1.165, 1.54) is 141 Å². The molecule has 29 heavy (non-hydrogen) atoms. The van der Waals surface area contributed by atoms with Gasteiger partial charge >= 0.3 is 0 Å². The van der Waals surface area contributed by atoms with Crippen LogP contribution in [-0.4, -0.2) is 24.4 Å². The van der Waals surface area contributed by atoms with Crippen LogP contribution in [0.3, 0.4) is 0 Å². The van der Waals surface area contributed by atoms with Crippen LogP contribution in [0.4, 0.5) is 0 Å². The van der Waals surface area contributed by atoms with E-state index in [-0.39, 0.29) is 0 Å². The van der Waals surface area contributed by atoms with Crippen LogP contribution in [0.5, 0.6) is 0 Å². The van der Waals surface area contributed by atoms with Crippen LogP contribution in [0.1, 0.15) is 155 Å². The molecule has 0 saturated heterocycles. The van der Waals surface area contributed by atoms with E-state index in [2.05, 4.69) is 13.8 Å². The molecule has 0 aromatic carbocycles. The third kappa shape index (κ3) is 23.6. The van der Waals surface area contributed by atoms with Crippen LogP contribution in [0.2, 0.25) is 0 Å². The second kappa shape index (κ2) is 25.5. The molecule has 0 saturated carbocycles. The molecular weight excluding hydrogens is 354 g/mol. The van der Waals surface area contributed by atoms with Crippen LogP contribution in [-0.2, 0) is 4.79 Å². The molecule has 2 heteroatoms. The molecule has 0 bridgehead atoms. The van der Waals surface area contributed by atoms with Crippen molar-refractivity contribution in [2.24, 2.45) is 0 Å². The van der Waals surface area contributed by atoms with Gasteiger partial charge in [0.1, 0.15) is 0 Å². The van der Waals surface area contributed by atoms with E-state index in [1.54, 1.807) is 0 Å². The van der Waals surface area contributed by atoms with E-state index in [0.29, 0.717) is 0 Å². The largest absolute Gasteiger partial charge is 0.345 e. The van der Waals surface area contributed by atoms with Crippen LogP contribution in [0.25, 0.3) is 0 Å². The van der Waals surface area contributed by atoms with Gasteiger partial charge in [-0.2, -0.15) is 0 Å². The van der Waals surface area contributed by atoms with Crippen LogP contribution in [0.15, 0.2) is 0 Å². The van der Waals surface area contributed by atoms with E-state index in [9.17, 15) is 4.79 Å². The van der Waals surface area contributed by atoms with Crippen molar-refractivity contribution in [2.75, 3.05) is 13.1 Å². The van der Waals surface area contributed by atoms with Crippen LogP contribution >= 0.6 is 0 Å². The fraction of sp³-hybridized carbons (Fsp3) is 0.963. The summed E-state index contributed by atoms with van der Waals surface area (Å²) >= 11 is 0. The average Bonchev–Trinajstić information content (AvgIpc) is 2.74. The minimum atomic E-state index is 0.971. The summed E-state index contributed by atoms with van der Waals surface area (Å²) in [7, 11) is 0. The second-order valence-corrected chi connectivity index (χ2v) is 9.21. The standard InChI is InChI=1S/C27H55NO/c1-3-5-7-9-11-13-15-17-19-21-23-25-28(27-29)26-24-22-20-18-16-14-12-10-8-6-4-2/h27H,3-26H2,1-2H3. The highest BCUT2D eigenvalue weighted by Gasteiger charge is 2.01. The summed E-state index contributed by atoms with van der Waals surface area (Å²) in [5.74, 6) is 0. The van der Waals surface area contributed by atoms with Gasteiger partial charge in [-0.1, -0.05) is 142 Å². The van der Waals surface area contributed by atoms with Crippen molar-refractivity contribution in [3.05, 3.63) is 0 Å². The first kappa shape index (κ1) is 28.5. The zero-order valence-corrected chi connectivity index (χ0v) is 20.4. The lowest BCUT2D eigenvalue weighted by atomic mass is 10.1. The SMILES string of the molecule is CCCCCCCCCCCCCN(C=O)CCCCCCCCCCCCC. The normalized spacial score (nSPS) is 11.1. The molecular formula is C27H55NO. The monoisotopic (exact) mass is 409 g/mol. The van der Waals surface area contributed by atoms with Crippen molar-refractivity contribution >= 4 is 6.41 Å². The van der Waals surface area contributed by atoms with Crippen molar-refractivity contribution in [2.45, 2.75) is 155 Å². The molecule has 0 aliphatic heterocycles. The summed E-state index contributed by atoms with van der Waals surface area (Å²) in [6.45, 7) is 6.50. The quantitative estimate of drug-likeness (QED) is 0.109. The highest BCUT2D eigenvalue weighted by Crippen LogP contribution is 2.13. The minimum absolute atomic E-state index is 0.971. The third-order valence-electron chi connectivity index (χ3n) is 6.25. The molecule has 1 amide bonds. The highest BCUT2D eigenvalue weighted by molar-refractivity contribution is 5.46. The third-order valence-corrected chi connectivity index (χ3v) is 6.25. The van der Waals surface area contributed by atoms with Gasteiger partial charge in [0.25, 0.3) is 0 Å². The zero-order chi connectivity index (χ0) is 21.3. The number of amides is 1. The maximum atomic E-state index is 11.3. The van der Waals surface area contributed by atoms with E-state index < -0.39 is 0 Å². The number of nitrogens with zero attached hydrogens (tertiary/aromatic N) is 1. The Hall–Kier alpha value is -0.530. The van der Waals surface area contributed by atoms with Gasteiger partial charge < -0.3 is 4.90 Å². The number of carbonyl (C=O) groups is 1. The van der Waals surface area contributed by atoms with E-state index >= 15 is 0 Å². The Morgan fingerprint density at radius 3 is 0.897 bits per heavy atom. The molecule has 0 aliphatic carbocycles. The maximum Gasteiger partial charge on any atom is 0.209 e. The average molecular weight is 410 g/mol. The molecule has 0 aliphatic rings. The number of carbonyl (C=O) groups excluding carboxylic acids is 1. The number of rotatable bonds is 25. The predicted molar refractivity (Wildman–Crippen MR) is 131 cm³/mol. The van der Waals surface area contributed by atoms with Crippen molar-refractivity contribution < 1.29 is 4.79 Å². The Morgan fingerprint density at radius 1 is 0.414 bits per heavy atom. The molecule has 0 aromatic heterocycles. The van der Waals surface area contributed by atoms with Crippen molar-refractivity contribution in [1.29, 1.82) is 0 Å². The fourth-order valence-corrected chi connectivity index (χ4v) is 4.18. The second-order valence-electron chi connectivity index (χ2n) is 9.21. The van der Waals surface area contributed by atoms with E-state index in [1.807, 2.05) is 4.90 Å². The molecule has 174 valence electrons. The summed E-state index contributed by atoms with van der Waals surface area (Å²) in [6, 6.07) is 0. The number of unbranched alkanes of at least 4 members (excludes halogenated alkanes) is 20. The Labute approximate surface area is 184 Å². The Bertz CT molecular complexity index is 279. The van der Waals surface area contributed by atoms with Crippen LogP contribution in [0, 0.1) is 0 Å². The maximum absolute atomic E-state index is 11.3.